The van der Waals surface area contributed by atoms with Crippen LogP contribution in [-0.4, -0.2) is 39.2 Å². The third kappa shape index (κ3) is 5.33. The smallest absolute Gasteiger partial charge is 0.326 e. The normalized spacial score (nSPS) is 11.8. The standard InChI is InChI=1S/C10H12ClN3O3S/c11-9-4-12-7(3-13-9)5-18-2-1-8(10(16)17)14-6-15/h3-4,6,8H,1-2,5H2,(H,14,15)(H,16,17). The highest BCUT2D eigenvalue weighted by molar-refractivity contribution is 7.98. The molecule has 98 valence electrons. The van der Waals surface area contributed by atoms with Crippen molar-refractivity contribution in [1.29, 1.82) is 0 Å². The molecule has 0 bridgehead atoms. The molecule has 2 N–H and O–H groups in total. The Morgan fingerprint density at radius 2 is 2.33 bits per heavy atom. The Balaban J connectivity index is 2.27. The van der Waals surface area contributed by atoms with Crippen LogP contribution in [0.3, 0.4) is 0 Å². The number of nitrogens with zero attached hydrogens (tertiary/aromatic N) is 2. The molecule has 1 aromatic rings. The number of hydrogen-bond donors (Lipinski definition) is 2. The molecule has 1 amide bonds. The molecule has 18 heavy (non-hydrogen) atoms. The number of thioether (sulfide) groups is 1. The molecule has 0 saturated heterocycles. The fourth-order valence-electron chi connectivity index (χ4n) is 1.15. The average molecular weight is 290 g/mol. The quantitative estimate of drug-likeness (QED) is 0.547. The van der Waals surface area contributed by atoms with Crippen molar-refractivity contribution >= 4 is 35.7 Å². The van der Waals surface area contributed by atoms with E-state index in [0.29, 0.717) is 29.5 Å². The van der Waals surface area contributed by atoms with Crippen LogP contribution in [0.15, 0.2) is 12.4 Å². The highest BCUT2D eigenvalue weighted by Gasteiger charge is 2.15. The van der Waals surface area contributed by atoms with Gasteiger partial charge in [0.25, 0.3) is 0 Å². The van der Waals surface area contributed by atoms with Crippen LogP contribution in [0, 0.1) is 0 Å². The maximum Gasteiger partial charge on any atom is 0.326 e. The Hall–Kier alpha value is -1.34. The van der Waals surface area contributed by atoms with E-state index in [2.05, 4.69) is 15.3 Å². The summed E-state index contributed by atoms with van der Waals surface area (Å²) in [5, 5.41) is 11.4. The van der Waals surface area contributed by atoms with Gasteiger partial charge in [-0.05, 0) is 12.2 Å². The van der Waals surface area contributed by atoms with Crippen LogP contribution in [0.2, 0.25) is 5.15 Å². The molecule has 0 saturated carbocycles. The van der Waals surface area contributed by atoms with E-state index in [1.165, 1.54) is 18.0 Å². The number of aromatic nitrogens is 2. The number of halogens is 1. The first-order valence-electron chi connectivity index (χ1n) is 5.10. The number of carbonyl (C=O) groups excluding carboxylic acids is 1. The van der Waals surface area contributed by atoms with Gasteiger partial charge in [0.05, 0.1) is 18.1 Å². The minimum absolute atomic E-state index is 0.338. The zero-order valence-electron chi connectivity index (χ0n) is 9.38. The number of carboxylic acid groups (broad SMARTS) is 1. The first-order chi connectivity index (χ1) is 8.63. The number of carboxylic acids is 1. The van der Waals surface area contributed by atoms with Gasteiger partial charge in [-0.3, -0.25) is 9.78 Å². The molecule has 0 fully saturated rings. The highest BCUT2D eigenvalue weighted by Crippen LogP contribution is 2.12. The maximum absolute atomic E-state index is 10.7. The van der Waals surface area contributed by atoms with Crippen molar-refractivity contribution in [3.8, 4) is 0 Å². The number of hydrogen-bond acceptors (Lipinski definition) is 5. The molecule has 0 aliphatic rings. The summed E-state index contributed by atoms with van der Waals surface area (Å²) in [4.78, 5) is 28.9. The monoisotopic (exact) mass is 289 g/mol. The van der Waals surface area contributed by atoms with E-state index in [1.807, 2.05) is 0 Å². The van der Waals surface area contributed by atoms with Gasteiger partial charge in [-0.15, -0.1) is 0 Å². The Morgan fingerprint density at radius 1 is 1.56 bits per heavy atom. The second-order valence-corrected chi connectivity index (χ2v) is 4.84. The van der Waals surface area contributed by atoms with E-state index in [0.717, 1.165) is 5.69 Å². The molecule has 0 aliphatic heterocycles. The molecule has 1 unspecified atom stereocenters. The topological polar surface area (TPSA) is 92.2 Å². The fourth-order valence-corrected chi connectivity index (χ4v) is 2.15. The Morgan fingerprint density at radius 3 is 2.89 bits per heavy atom. The lowest BCUT2D eigenvalue weighted by molar-refractivity contribution is -0.140. The van der Waals surface area contributed by atoms with Gasteiger partial charge >= 0.3 is 5.97 Å². The molecule has 0 aromatic carbocycles. The average Bonchev–Trinajstić information content (AvgIpc) is 2.35. The number of amides is 1. The van der Waals surface area contributed by atoms with E-state index in [9.17, 15) is 9.59 Å². The number of nitrogens with one attached hydrogen (secondary N) is 1. The number of aliphatic carboxylic acids is 1. The Labute approximate surface area is 113 Å². The summed E-state index contributed by atoms with van der Waals surface area (Å²) in [7, 11) is 0. The van der Waals surface area contributed by atoms with Gasteiger partial charge in [-0.2, -0.15) is 11.8 Å². The van der Waals surface area contributed by atoms with Crippen molar-refractivity contribution in [1.82, 2.24) is 15.3 Å². The Bertz CT molecular complexity index is 402. The van der Waals surface area contributed by atoms with E-state index in [1.54, 1.807) is 6.20 Å². The predicted octanol–water partition coefficient (Wildman–Crippen LogP) is 0.952. The molecule has 0 radical (unpaired) electrons. The fraction of sp³-hybridized carbons (Fsp3) is 0.400. The first kappa shape index (κ1) is 14.7. The van der Waals surface area contributed by atoms with Gasteiger partial charge < -0.3 is 10.4 Å². The summed E-state index contributed by atoms with van der Waals surface area (Å²) >= 11 is 7.12. The van der Waals surface area contributed by atoms with Crippen molar-refractivity contribution in [3.63, 3.8) is 0 Å². The van der Waals surface area contributed by atoms with Crippen molar-refractivity contribution in [2.24, 2.45) is 0 Å². The van der Waals surface area contributed by atoms with Gasteiger partial charge in [-0.25, -0.2) is 9.78 Å². The van der Waals surface area contributed by atoms with Crippen molar-refractivity contribution in [2.75, 3.05) is 5.75 Å². The molecule has 8 heteroatoms. The van der Waals surface area contributed by atoms with Crippen molar-refractivity contribution in [2.45, 2.75) is 18.2 Å². The van der Waals surface area contributed by atoms with E-state index < -0.39 is 12.0 Å². The van der Waals surface area contributed by atoms with Crippen molar-refractivity contribution in [3.05, 3.63) is 23.2 Å². The lowest BCUT2D eigenvalue weighted by atomic mass is 10.2. The largest absolute Gasteiger partial charge is 0.480 e. The molecular formula is C10H12ClN3O3S. The number of rotatable bonds is 8. The summed E-state index contributed by atoms with van der Waals surface area (Å²) in [5.41, 5.74) is 0.777. The summed E-state index contributed by atoms with van der Waals surface area (Å²) in [5.74, 6) is 0.189. The zero-order valence-corrected chi connectivity index (χ0v) is 10.9. The molecule has 0 spiro atoms. The molecule has 0 aliphatic carbocycles. The second-order valence-electron chi connectivity index (χ2n) is 3.35. The van der Waals surface area contributed by atoms with Crippen LogP contribution in [0.5, 0.6) is 0 Å². The van der Waals surface area contributed by atoms with Gasteiger partial charge in [0.15, 0.2) is 0 Å². The predicted molar refractivity (Wildman–Crippen MR) is 68.4 cm³/mol. The third-order valence-electron chi connectivity index (χ3n) is 2.04. The molecule has 1 aromatic heterocycles. The number of carbonyl (C=O) groups is 2. The van der Waals surface area contributed by atoms with E-state index >= 15 is 0 Å². The first-order valence-corrected chi connectivity index (χ1v) is 6.63. The molecule has 1 atom stereocenters. The molecule has 1 heterocycles. The van der Waals surface area contributed by atoms with Crippen LogP contribution in [-0.2, 0) is 15.3 Å². The van der Waals surface area contributed by atoms with Gasteiger partial charge in [0.2, 0.25) is 6.41 Å². The SMILES string of the molecule is O=CNC(CCSCc1cnc(Cl)cn1)C(=O)O. The summed E-state index contributed by atoms with van der Waals surface area (Å²) in [6.45, 7) is 0. The second kappa shape index (κ2) is 7.88. The lowest BCUT2D eigenvalue weighted by Gasteiger charge is -2.10. The minimum atomic E-state index is -1.03. The summed E-state index contributed by atoms with van der Waals surface area (Å²) in [6, 6.07) is -0.841. The van der Waals surface area contributed by atoms with Crippen molar-refractivity contribution < 1.29 is 14.7 Å². The van der Waals surface area contributed by atoms with Crippen LogP contribution >= 0.6 is 23.4 Å². The van der Waals surface area contributed by atoms with Crippen LogP contribution in [0.25, 0.3) is 0 Å². The molecular weight excluding hydrogens is 278 g/mol. The molecule has 6 nitrogen and oxygen atoms in total. The summed E-state index contributed by atoms with van der Waals surface area (Å²) in [6.07, 6.45) is 3.80. The van der Waals surface area contributed by atoms with E-state index in [-0.39, 0.29) is 0 Å². The summed E-state index contributed by atoms with van der Waals surface area (Å²) < 4.78 is 0. The minimum Gasteiger partial charge on any atom is -0.480 e. The lowest BCUT2D eigenvalue weighted by Crippen LogP contribution is -2.36. The maximum atomic E-state index is 10.7. The van der Waals surface area contributed by atoms with Gasteiger partial charge in [-0.1, -0.05) is 11.6 Å². The van der Waals surface area contributed by atoms with E-state index in [4.69, 9.17) is 16.7 Å². The van der Waals surface area contributed by atoms with Gasteiger partial charge in [0.1, 0.15) is 11.2 Å². The van der Waals surface area contributed by atoms with Crippen LogP contribution < -0.4 is 5.32 Å². The Kier molecular flexibility index (Phi) is 6.45. The van der Waals surface area contributed by atoms with Crippen LogP contribution in [0.1, 0.15) is 12.1 Å². The van der Waals surface area contributed by atoms with Crippen LogP contribution in [0.4, 0.5) is 0 Å². The molecule has 1 rings (SSSR count). The zero-order chi connectivity index (χ0) is 13.4. The highest BCUT2D eigenvalue weighted by atomic mass is 35.5. The van der Waals surface area contributed by atoms with Gasteiger partial charge in [0, 0.05) is 5.75 Å². The third-order valence-corrected chi connectivity index (χ3v) is 3.26.